The zero-order valence-electron chi connectivity index (χ0n) is 18.2. The molecule has 1 fully saturated rings. The molecule has 1 saturated carbocycles. The van der Waals surface area contributed by atoms with Crippen molar-refractivity contribution in [3.8, 4) is 5.75 Å². The summed E-state index contributed by atoms with van der Waals surface area (Å²) in [4.78, 5) is 25.2. The van der Waals surface area contributed by atoms with Crippen LogP contribution in [0, 0.1) is 0 Å². The maximum absolute atomic E-state index is 12.6. The molecule has 0 atom stereocenters. The van der Waals surface area contributed by atoms with Gasteiger partial charge in [0, 0.05) is 5.56 Å². The molecule has 3 aromatic rings. The Morgan fingerprint density at radius 1 is 0.781 bits per heavy atom. The van der Waals surface area contributed by atoms with Crippen LogP contribution in [0.15, 0.2) is 78.9 Å². The molecule has 0 amide bonds. The van der Waals surface area contributed by atoms with Gasteiger partial charge in [-0.3, -0.25) is 4.79 Å². The fourth-order valence-corrected chi connectivity index (χ4v) is 4.17. The van der Waals surface area contributed by atoms with Crippen LogP contribution in [0.5, 0.6) is 5.75 Å². The average molecular weight is 429 g/mol. The molecule has 0 saturated heterocycles. The van der Waals surface area contributed by atoms with E-state index in [1.807, 2.05) is 54.6 Å². The number of rotatable bonds is 8. The normalized spacial score (nSPS) is 14.0. The first-order chi connectivity index (χ1) is 15.7. The molecule has 4 heteroatoms. The number of ketones is 1. The molecule has 0 heterocycles. The summed E-state index contributed by atoms with van der Waals surface area (Å²) in [7, 11) is 0. The van der Waals surface area contributed by atoms with Crippen molar-refractivity contribution >= 4 is 11.8 Å². The van der Waals surface area contributed by atoms with Gasteiger partial charge in [-0.15, -0.1) is 0 Å². The van der Waals surface area contributed by atoms with Gasteiger partial charge in [-0.25, -0.2) is 4.79 Å². The molecule has 32 heavy (non-hydrogen) atoms. The second kappa shape index (κ2) is 10.8. The van der Waals surface area contributed by atoms with Crippen LogP contribution >= 0.6 is 0 Å². The van der Waals surface area contributed by atoms with Gasteiger partial charge in [-0.05, 0) is 42.0 Å². The van der Waals surface area contributed by atoms with Crippen molar-refractivity contribution in [2.45, 2.75) is 44.6 Å². The summed E-state index contributed by atoms with van der Waals surface area (Å²) in [6.07, 6.45) is 6.31. The minimum absolute atomic E-state index is 0.212. The Balaban J connectivity index is 1.33. The second-order valence-electron chi connectivity index (χ2n) is 8.23. The number of carbonyl (C=O) groups excluding carboxylic acids is 2. The van der Waals surface area contributed by atoms with Gasteiger partial charge in [0.2, 0.25) is 0 Å². The quantitative estimate of drug-likeness (QED) is 0.310. The lowest BCUT2D eigenvalue weighted by Crippen LogP contribution is -2.15. The van der Waals surface area contributed by atoms with Crippen LogP contribution < -0.4 is 4.74 Å². The average Bonchev–Trinajstić information content (AvgIpc) is 2.87. The summed E-state index contributed by atoms with van der Waals surface area (Å²) in [6.45, 7) is 0.0477. The standard InChI is InChI=1S/C28H28O4/c29-26(24-17-15-23(16-18-24)22-11-5-2-6-12-22)20-32-28(30)25-13-7-8-14-27(25)31-19-21-9-3-1-4-10-21/h1,3-4,7-10,13-18,22H,2,5-6,11-12,19-20H2. The van der Waals surface area contributed by atoms with Gasteiger partial charge in [-0.1, -0.05) is 86.0 Å². The summed E-state index contributed by atoms with van der Waals surface area (Å²) < 4.78 is 11.1. The Morgan fingerprint density at radius 2 is 1.47 bits per heavy atom. The van der Waals surface area contributed by atoms with Gasteiger partial charge < -0.3 is 9.47 Å². The van der Waals surface area contributed by atoms with Crippen LogP contribution in [0.3, 0.4) is 0 Å². The van der Waals surface area contributed by atoms with Crippen molar-refractivity contribution < 1.29 is 19.1 Å². The Labute approximate surface area is 189 Å². The maximum atomic E-state index is 12.6. The first-order valence-electron chi connectivity index (χ1n) is 11.3. The Hall–Kier alpha value is -3.40. The van der Waals surface area contributed by atoms with Crippen LogP contribution in [-0.4, -0.2) is 18.4 Å². The predicted molar refractivity (Wildman–Crippen MR) is 124 cm³/mol. The lowest BCUT2D eigenvalue weighted by atomic mass is 9.84. The topological polar surface area (TPSA) is 52.6 Å². The van der Waals surface area contributed by atoms with Gasteiger partial charge in [0.05, 0.1) is 0 Å². The van der Waals surface area contributed by atoms with Gasteiger partial charge in [0.15, 0.2) is 12.4 Å². The number of para-hydroxylation sites is 1. The highest BCUT2D eigenvalue weighted by atomic mass is 16.5. The van der Waals surface area contributed by atoms with Gasteiger partial charge >= 0.3 is 5.97 Å². The molecule has 0 N–H and O–H groups in total. The number of hydrogen-bond acceptors (Lipinski definition) is 4. The Kier molecular flexibility index (Phi) is 7.34. The number of carbonyl (C=O) groups is 2. The van der Waals surface area contributed by atoms with Crippen LogP contribution in [0.1, 0.15) is 69.9 Å². The third-order valence-corrected chi connectivity index (χ3v) is 5.99. The largest absolute Gasteiger partial charge is 0.488 e. The van der Waals surface area contributed by atoms with Crippen molar-refractivity contribution in [3.63, 3.8) is 0 Å². The van der Waals surface area contributed by atoms with Crippen molar-refractivity contribution in [1.82, 2.24) is 0 Å². The lowest BCUT2D eigenvalue weighted by Gasteiger charge is -2.22. The predicted octanol–water partition coefficient (Wildman–Crippen LogP) is 6.35. The summed E-state index contributed by atoms with van der Waals surface area (Å²) in [6, 6.07) is 24.4. The monoisotopic (exact) mass is 428 g/mol. The van der Waals surface area contributed by atoms with Gasteiger partial charge in [-0.2, -0.15) is 0 Å². The highest BCUT2D eigenvalue weighted by Gasteiger charge is 2.18. The van der Waals surface area contributed by atoms with Gasteiger partial charge in [0.1, 0.15) is 17.9 Å². The molecule has 164 valence electrons. The number of ether oxygens (including phenoxy) is 2. The van der Waals surface area contributed by atoms with E-state index in [9.17, 15) is 9.59 Å². The van der Waals surface area contributed by atoms with E-state index in [-0.39, 0.29) is 12.4 Å². The van der Waals surface area contributed by atoms with Crippen molar-refractivity contribution in [2.24, 2.45) is 0 Å². The van der Waals surface area contributed by atoms with E-state index in [0.717, 1.165) is 5.56 Å². The van der Waals surface area contributed by atoms with Crippen LogP contribution in [0.2, 0.25) is 0 Å². The molecule has 0 aromatic heterocycles. The van der Waals surface area contributed by atoms with E-state index >= 15 is 0 Å². The molecule has 4 nitrogen and oxygen atoms in total. The molecule has 3 aromatic carbocycles. The van der Waals surface area contributed by atoms with Crippen molar-refractivity contribution in [3.05, 3.63) is 101 Å². The third-order valence-electron chi connectivity index (χ3n) is 5.99. The molecule has 1 aliphatic carbocycles. The summed E-state index contributed by atoms with van der Waals surface area (Å²) in [5.41, 5.74) is 3.17. The Bertz CT molecular complexity index is 1030. The van der Waals surface area contributed by atoms with E-state index < -0.39 is 5.97 Å². The molecule has 0 spiro atoms. The Morgan fingerprint density at radius 3 is 2.22 bits per heavy atom. The SMILES string of the molecule is O=C(COC(=O)c1ccccc1OCc1ccccc1)c1ccc(C2CCCCC2)cc1. The molecule has 0 unspecified atom stereocenters. The summed E-state index contributed by atoms with van der Waals surface area (Å²) >= 11 is 0. The molecule has 0 aliphatic heterocycles. The van der Waals surface area contributed by atoms with Gasteiger partial charge in [0.25, 0.3) is 0 Å². The first kappa shape index (κ1) is 21.8. The number of hydrogen-bond donors (Lipinski definition) is 0. The minimum atomic E-state index is -0.569. The third kappa shape index (κ3) is 5.64. The molecule has 1 aliphatic rings. The van der Waals surface area contributed by atoms with Crippen LogP contribution in [-0.2, 0) is 11.3 Å². The van der Waals surface area contributed by atoms with E-state index in [2.05, 4.69) is 0 Å². The maximum Gasteiger partial charge on any atom is 0.342 e. The molecule has 4 rings (SSSR count). The van der Waals surface area contributed by atoms with E-state index in [0.29, 0.717) is 29.4 Å². The molecule has 0 bridgehead atoms. The van der Waals surface area contributed by atoms with Crippen molar-refractivity contribution in [2.75, 3.05) is 6.61 Å². The molecular weight excluding hydrogens is 400 g/mol. The first-order valence-corrected chi connectivity index (χ1v) is 11.3. The highest BCUT2D eigenvalue weighted by molar-refractivity contribution is 6.00. The summed E-state index contributed by atoms with van der Waals surface area (Å²) in [5, 5.41) is 0. The van der Waals surface area contributed by atoms with Crippen LogP contribution in [0.25, 0.3) is 0 Å². The summed E-state index contributed by atoms with van der Waals surface area (Å²) in [5.74, 6) is 0.251. The fourth-order valence-electron chi connectivity index (χ4n) is 4.17. The van der Waals surface area contributed by atoms with E-state index in [1.54, 1.807) is 24.3 Å². The fraction of sp³-hybridized carbons (Fsp3) is 0.286. The zero-order valence-corrected chi connectivity index (χ0v) is 18.2. The smallest absolute Gasteiger partial charge is 0.342 e. The van der Waals surface area contributed by atoms with Crippen LogP contribution in [0.4, 0.5) is 0 Å². The van der Waals surface area contributed by atoms with Crippen molar-refractivity contribution in [1.29, 1.82) is 0 Å². The lowest BCUT2D eigenvalue weighted by molar-refractivity contribution is 0.0470. The van der Waals surface area contributed by atoms with E-state index in [1.165, 1.54) is 37.7 Å². The van der Waals surface area contributed by atoms with E-state index in [4.69, 9.17) is 9.47 Å². The number of esters is 1. The molecular formula is C28H28O4. The highest BCUT2D eigenvalue weighted by Crippen LogP contribution is 2.32. The molecule has 0 radical (unpaired) electrons. The zero-order chi connectivity index (χ0) is 22.2. The number of Topliss-reactive ketones (excluding diaryl/α,β-unsaturated/α-hetero) is 1. The number of benzene rings is 3. The minimum Gasteiger partial charge on any atom is -0.488 e. The second-order valence-corrected chi connectivity index (χ2v) is 8.23.